The second-order valence-corrected chi connectivity index (χ2v) is 3.49. The highest BCUT2D eigenvalue weighted by molar-refractivity contribution is 7.99. The van der Waals surface area contributed by atoms with Gasteiger partial charge in [-0.2, -0.15) is 0 Å². The van der Waals surface area contributed by atoms with Gasteiger partial charge in [-0.05, 0) is 0 Å². The van der Waals surface area contributed by atoms with Gasteiger partial charge >= 0.3 is 5.97 Å². The number of carboxylic acids is 1. The predicted octanol–water partition coefficient (Wildman–Crippen LogP) is 0.823. The molecule has 1 aromatic rings. The lowest BCUT2D eigenvalue weighted by molar-refractivity contribution is 0.0689. The van der Waals surface area contributed by atoms with Crippen molar-refractivity contribution in [1.82, 2.24) is 9.97 Å². The van der Waals surface area contributed by atoms with Crippen LogP contribution in [0.15, 0.2) is 11.2 Å². The minimum Gasteiger partial charge on any atom is -0.476 e. The number of hydrogen-bond acceptors (Lipinski definition) is 4. The van der Waals surface area contributed by atoms with Crippen molar-refractivity contribution in [2.75, 3.05) is 5.75 Å². The largest absolute Gasteiger partial charge is 0.476 e. The quantitative estimate of drug-likeness (QED) is 0.696. The first-order valence-electron chi connectivity index (χ1n) is 3.49. The Balaban J connectivity index is 2.45. The van der Waals surface area contributed by atoms with E-state index in [-0.39, 0.29) is 5.69 Å². The summed E-state index contributed by atoms with van der Waals surface area (Å²) in [6.45, 7) is 0. The van der Waals surface area contributed by atoms with Gasteiger partial charge in [0.1, 0.15) is 5.03 Å². The van der Waals surface area contributed by atoms with Crippen molar-refractivity contribution in [3.8, 4) is 0 Å². The van der Waals surface area contributed by atoms with Gasteiger partial charge in [0, 0.05) is 12.2 Å². The van der Waals surface area contributed by atoms with Crippen LogP contribution in [0, 0.1) is 0 Å². The van der Waals surface area contributed by atoms with E-state index in [1.165, 1.54) is 6.20 Å². The number of carboxylic acid groups (broad SMARTS) is 1. The monoisotopic (exact) mass is 182 g/mol. The Bertz CT molecular complexity index is 340. The molecule has 4 nitrogen and oxygen atoms in total. The first-order chi connectivity index (χ1) is 5.77. The summed E-state index contributed by atoms with van der Waals surface area (Å²) in [5.74, 6) is -0.0592. The number of rotatable bonds is 1. The third-order valence-electron chi connectivity index (χ3n) is 1.61. The first kappa shape index (κ1) is 7.54. The molecule has 0 bridgehead atoms. The highest BCUT2D eigenvalue weighted by Gasteiger charge is 2.16. The van der Waals surface area contributed by atoms with Crippen LogP contribution in [0.4, 0.5) is 0 Å². The molecule has 0 saturated carbocycles. The fourth-order valence-corrected chi connectivity index (χ4v) is 2.00. The summed E-state index contributed by atoms with van der Waals surface area (Å²) in [5.41, 5.74) is 0.952. The Morgan fingerprint density at radius 1 is 1.67 bits per heavy atom. The summed E-state index contributed by atoms with van der Waals surface area (Å²) < 4.78 is 0. The van der Waals surface area contributed by atoms with Crippen molar-refractivity contribution in [2.45, 2.75) is 11.4 Å². The molecular formula is C7H6N2O2S. The molecule has 0 radical (unpaired) electrons. The van der Waals surface area contributed by atoms with Crippen LogP contribution in [0.5, 0.6) is 0 Å². The Kier molecular flexibility index (Phi) is 1.73. The number of carbonyl (C=O) groups is 1. The molecular weight excluding hydrogens is 176 g/mol. The molecule has 1 aliphatic rings. The number of hydrogen-bond donors (Lipinski definition) is 1. The number of fused-ring (bicyclic) bond motifs is 1. The van der Waals surface area contributed by atoms with E-state index in [9.17, 15) is 4.79 Å². The SMILES string of the molecule is O=C(O)c1cnc2c(n1)SCC2. The fourth-order valence-electron chi connectivity index (χ4n) is 1.03. The van der Waals surface area contributed by atoms with E-state index in [1.807, 2.05) is 0 Å². The molecule has 1 N–H and O–H groups in total. The van der Waals surface area contributed by atoms with Crippen molar-refractivity contribution in [1.29, 1.82) is 0 Å². The second-order valence-electron chi connectivity index (χ2n) is 2.41. The first-order valence-corrected chi connectivity index (χ1v) is 4.48. The van der Waals surface area contributed by atoms with Crippen LogP contribution >= 0.6 is 11.8 Å². The minimum absolute atomic E-state index is 0.0307. The molecule has 0 amide bonds. The maximum atomic E-state index is 10.5. The van der Waals surface area contributed by atoms with Crippen molar-refractivity contribution in [3.63, 3.8) is 0 Å². The van der Waals surface area contributed by atoms with E-state index in [0.29, 0.717) is 0 Å². The fraction of sp³-hybridized carbons (Fsp3) is 0.286. The molecule has 0 spiro atoms. The van der Waals surface area contributed by atoms with Crippen molar-refractivity contribution in [2.24, 2.45) is 0 Å². The Hall–Kier alpha value is -1.10. The third-order valence-corrected chi connectivity index (χ3v) is 2.62. The highest BCUT2D eigenvalue weighted by Crippen LogP contribution is 2.27. The zero-order valence-electron chi connectivity index (χ0n) is 6.15. The van der Waals surface area contributed by atoms with E-state index < -0.39 is 5.97 Å². The molecule has 12 heavy (non-hydrogen) atoms. The number of aromatic nitrogens is 2. The van der Waals surface area contributed by atoms with Gasteiger partial charge in [-0.3, -0.25) is 4.98 Å². The van der Waals surface area contributed by atoms with Crippen LogP contribution in [0.2, 0.25) is 0 Å². The van der Waals surface area contributed by atoms with E-state index >= 15 is 0 Å². The lowest BCUT2D eigenvalue weighted by Crippen LogP contribution is -2.02. The van der Waals surface area contributed by atoms with Crippen molar-refractivity contribution < 1.29 is 9.90 Å². The van der Waals surface area contributed by atoms with E-state index in [0.717, 1.165) is 22.9 Å². The predicted molar refractivity (Wildman–Crippen MR) is 43.4 cm³/mol. The van der Waals surface area contributed by atoms with Crippen LogP contribution in [0.1, 0.15) is 16.2 Å². The molecule has 0 fully saturated rings. The van der Waals surface area contributed by atoms with Crippen LogP contribution in [0.3, 0.4) is 0 Å². The normalized spacial score (nSPS) is 14.3. The molecule has 1 aromatic heterocycles. The molecule has 2 rings (SSSR count). The van der Waals surface area contributed by atoms with Gasteiger partial charge in [0.05, 0.1) is 11.9 Å². The Morgan fingerprint density at radius 2 is 2.50 bits per heavy atom. The average Bonchev–Trinajstić information content (AvgIpc) is 2.49. The summed E-state index contributed by atoms with van der Waals surface area (Å²) >= 11 is 1.56. The standard InChI is InChI=1S/C7H6N2O2S/c10-7(11)5-3-8-4-1-2-12-6(4)9-5/h3H,1-2H2,(H,10,11). The number of nitrogens with zero attached hydrogens (tertiary/aromatic N) is 2. The highest BCUT2D eigenvalue weighted by atomic mass is 32.2. The summed E-state index contributed by atoms with van der Waals surface area (Å²) in [6, 6.07) is 0. The maximum Gasteiger partial charge on any atom is 0.356 e. The topological polar surface area (TPSA) is 63.1 Å². The number of aromatic carboxylic acids is 1. The zero-order chi connectivity index (χ0) is 8.55. The van der Waals surface area contributed by atoms with Gasteiger partial charge in [-0.15, -0.1) is 11.8 Å². The molecule has 0 unspecified atom stereocenters. The molecule has 5 heteroatoms. The van der Waals surface area contributed by atoms with E-state index in [1.54, 1.807) is 11.8 Å². The average molecular weight is 182 g/mol. The van der Waals surface area contributed by atoms with Crippen LogP contribution < -0.4 is 0 Å². The number of aryl methyl sites for hydroxylation is 1. The molecule has 0 aliphatic carbocycles. The second kappa shape index (κ2) is 2.75. The summed E-state index contributed by atoms with van der Waals surface area (Å²) in [4.78, 5) is 18.5. The molecule has 0 aromatic carbocycles. The molecule has 62 valence electrons. The van der Waals surface area contributed by atoms with Gasteiger partial charge in [0.15, 0.2) is 5.69 Å². The van der Waals surface area contributed by atoms with Crippen molar-refractivity contribution >= 4 is 17.7 Å². The lowest BCUT2D eigenvalue weighted by atomic mass is 10.3. The van der Waals surface area contributed by atoms with E-state index in [4.69, 9.17) is 5.11 Å². The summed E-state index contributed by atoms with van der Waals surface area (Å²) in [6.07, 6.45) is 2.21. The minimum atomic E-state index is -1.02. The zero-order valence-corrected chi connectivity index (χ0v) is 6.97. The molecule has 0 saturated heterocycles. The smallest absolute Gasteiger partial charge is 0.356 e. The third kappa shape index (κ3) is 1.16. The van der Waals surface area contributed by atoms with Crippen LogP contribution in [0.25, 0.3) is 0 Å². The summed E-state index contributed by atoms with van der Waals surface area (Å²) in [5, 5.41) is 9.38. The molecule has 0 atom stereocenters. The van der Waals surface area contributed by atoms with Gasteiger partial charge in [0.2, 0.25) is 0 Å². The van der Waals surface area contributed by atoms with Crippen LogP contribution in [-0.4, -0.2) is 26.8 Å². The van der Waals surface area contributed by atoms with Gasteiger partial charge < -0.3 is 5.11 Å². The maximum absolute atomic E-state index is 10.5. The van der Waals surface area contributed by atoms with Crippen LogP contribution in [-0.2, 0) is 6.42 Å². The Labute approximate surface area is 73.0 Å². The van der Waals surface area contributed by atoms with Gasteiger partial charge in [-0.1, -0.05) is 0 Å². The van der Waals surface area contributed by atoms with E-state index in [2.05, 4.69) is 9.97 Å². The number of thioether (sulfide) groups is 1. The van der Waals surface area contributed by atoms with Crippen molar-refractivity contribution in [3.05, 3.63) is 17.6 Å². The molecule has 2 heterocycles. The van der Waals surface area contributed by atoms with Gasteiger partial charge in [0.25, 0.3) is 0 Å². The molecule has 1 aliphatic heterocycles. The Morgan fingerprint density at radius 3 is 3.25 bits per heavy atom. The summed E-state index contributed by atoms with van der Waals surface area (Å²) in [7, 11) is 0. The lowest BCUT2D eigenvalue weighted by Gasteiger charge is -1.96. The van der Waals surface area contributed by atoms with Gasteiger partial charge in [-0.25, -0.2) is 9.78 Å².